The highest BCUT2D eigenvalue weighted by Crippen LogP contribution is 2.16. The first kappa shape index (κ1) is 9.84. The number of aromatic hydroxyl groups is 1. The van der Waals surface area contributed by atoms with Crippen LogP contribution in [0.1, 0.15) is 24.5 Å². The minimum absolute atomic E-state index is 0.104. The Hall–Kier alpha value is -1.25. The van der Waals surface area contributed by atoms with Gasteiger partial charge in [-0.05, 0) is 25.8 Å². The molecule has 0 bridgehead atoms. The summed E-state index contributed by atoms with van der Waals surface area (Å²) in [7, 11) is 0. The van der Waals surface area contributed by atoms with Crippen molar-refractivity contribution in [3.05, 3.63) is 27.5 Å². The third-order valence-electron chi connectivity index (χ3n) is 2.24. The zero-order valence-electron chi connectivity index (χ0n) is 8.29. The van der Waals surface area contributed by atoms with Crippen molar-refractivity contribution in [3.8, 4) is 5.88 Å². The standard InChI is InChI=1S/C10H15NO2/c1-4-5-11-9(12)6-7(2)8(3)10(11)13/h6,13H,4-5H2,1-3H3. The molecule has 72 valence electrons. The molecule has 3 heteroatoms. The van der Waals surface area contributed by atoms with Crippen LogP contribution in [0.25, 0.3) is 0 Å². The number of hydrogen-bond donors (Lipinski definition) is 1. The van der Waals surface area contributed by atoms with Crippen LogP contribution >= 0.6 is 0 Å². The summed E-state index contributed by atoms with van der Waals surface area (Å²) in [4.78, 5) is 11.4. The zero-order valence-corrected chi connectivity index (χ0v) is 8.29. The van der Waals surface area contributed by atoms with E-state index in [2.05, 4.69) is 0 Å². The lowest BCUT2D eigenvalue weighted by Crippen LogP contribution is -2.20. The first-order valence-corrected chi connectivity index (χ1v) is 4.48. The fraction of sp³-hybridized carbons (Fsp3) is 0.500. The van der Waals surface area contributed by atoms with Crippen molar-refractivity contribution < 1.29 is 5.11 Å². The molecule has 13 heavy (non-hydrogen) atoms. The monoisotopic (exact) mass is 181 g/mol. The number of aryl methyl sites for hydroxylation is 1. The highest BCUT2D eigenvalue weighted by Gasteiger charge is 2.07. The van der Waals surface area contributed by atoms with Crippen LogP contribution in [0.2, 0.25) is 0 Å². The van der Waals surface area contributed by atoms with Gasteiger partial charge in [0, 0.05) is 18.2 Å². The van der Waals surface area contributed by atoms with E-state index < -0.39 is 0 Å². The molecular weight excluding hydrogens is 166 g/mol. The van der Waals surface area contributed by atoms with Gasteiger partial charge in [-0.15, -0.1) is 0 Å². The number of nitrogens with zero attached hydrogens (tertiary/aromatic N) is 1. The van der Waals surface area contributed by atoms with Crippen molar-refractivity contribution in [2.24, 2.45) is 0 Å². The third-order valence-corrected chi connectivity index (χ3v) is 2.24. The topological polar surface area (TPSA) is 42.2 Å². The van der Waals surface area contributed by atoms with E-state index in [1.54, 1.807) is 6.07 Å². The first-order valence-electron chi connectivity index (χ1n) is 4.48. The summed E-state index contributed by atoms with van der Waals surface area (Å²) in [5.74, 6) is 0.104. The van der Waals surface area contributed by atoms with Crippen LogP contribution in [0.15, 0.2) is 10.9 Å². The Kier molecular flexibility index (Phi) is 2.76. The number of pyridine rings is 1. The Bertz CT molecular complexity index is 366. The predicted molar refractivity (Wildman–Crippen MR) is 52.1 cm³/mol. The van der Waals surface area contributed by atoms with Crippen molar-refractivity contribution in [1.29, 1.82) is 0 Å². The average Bonchev–Trinajstić information content (AvgIpc) is 2.09. The highest BCUT2D eigenvalue weighted by molar-refractivity contribution is 5.32. The molecule has 0 fully saturated rings. The minimum atomic E-state index is -0.123. The predicted octanol–water partition coefficient (Wildman–Crippen LogP) is 1.58. The molecule has 1 heterocycles. The van der Waals surface area contributed by atoms with Crippen LogP contribution in [0.4, 0.5) is 0 Å². The fourth-order valence-corrected chi connectivity index (χ4v) is 1.29. The Morgan fingerprint density at radius 1 is 1.46 bits per heavy atom. The molecule has 1 N–H and O–H groups in total. The van der Waals surface area contributed by atoms with Gasteiger partial charge in [-0.3, -0.25) is 9.36 Å². The van der Waals surface area contributed by atoms with Gasteiger partial charge in [0.25, 0.3) is 5.56 Å². The maximum atomic E-state index is 11.4. The van der Waals surface area contributed by atoms with Gasteiger partial charge in [-0.25, -0.2) is 0 Å². The van der Waals surface area contributed by atoms with Gasteiger partial charge in [0.05, 0.1) is 0 Å². The van der Waals surface area contributed by atoms with Crippen LogP contribution in [0, 0.1) is 13.8 Å². The van der Waals surface area contributed by atoms with E-state index in [9.17, 15) is 9.90 Å². The van der Waals surface area contributed by atoms with Gasteiger partial charge in [-0.1, -0.05) is 6.92 Å². The largest absolute Gasteiger partial charge is 0.494 e. The van der Waals surface area contributed by atoms with E-state index >= 15 is 0 Å². The molecule has 0 aliphatic heterocycles. The summed E-state index contributed by atoms with van der Waals surface area (Å²) in [5.41, 5.74) is 1.50. The molecule has 0 aliphatic rings. The smallest absolute Gasteiger partial charge is 0.253 e. The van der Waals surface area contributed by atoms with Crippen LogP contribution in [0.3, 0.4) is 0 Å². The molecule has 0 saturated carbocycles. The molecule has 0 unspecified atom stereocenters. The third kappa shape index (κ3) is 1.74. The molecule has 0 spiro atoms. The van der Waals surface area contributed by atoms with Crippen LogP contribution in [0.5, 0.6) is 5.88 Å². The minimum Gasteiger partial charge on any atom is -0.494 e. The highest BCUT2D eigenvalue weighted by atomic mass is 16.3. The maximum absolute atomic E-state index is 11.4. The van der Waals surface area contributed by atoms with Crippen molar-refractivity contribution in [1.82, 2.24) is 4.57 Å². The van der Waals surface area contributed by atoms with E-state index in [1.165, 1.54) is 4.57 Å². The lowest BCUT2D eigenvalue weighted by atomic mass is 10.2. The summed E-state index contributed by atoms with van der Waals surface area (Å²) >= 11 is 0. The second-order valence-corrected chi connectivity index (χ2v) is 3.27. The summed E-state index contributed by atoms with van der Waals surface area (Å²) < 4.78 is 1.41. The number of rotatable bonds is 2. The summed E-state index contributed by atoms with van der Waals surface area (Å²) in [6.07, 6.45) is 0.843. The second kappa shape index (κ2) is 3.64. The molecule has 0 aromatic carbocycles. The summed E-state index contributed by atoms with van der Waals surface area (Å²) in [6, 6.07) is 1.56. The van der Waals surface area contributed by atoms with Gasteiger partial charge >= 0.3 is 0 Å². The number of aromatic nitrogens is 1. The second-order valence-electron chi connectivity index (χ2n) is 3.27. The van der Waals surface area contributed by atoms with E-state index in [4.69, 9.17) is 0 Å². The lowest BCUT2D eigenvalue weighted by molar-refractivity contribution is 0.400. The van der Waals surface area contributed by atoms with E-state index in [0.717, 1.165) is 17.5 Å². The molecular formula is C10H15NO2. The van der Waals surface area contributed by atoms with Gasteiger partial charge in [-0.2, -0.15) is 0 Å². The van der Waals surface area contributed by atoms with Gasteiger partial charge in [0.15, 0.2) is 5.88 Å². The lowest BCUT2D eigenvalue weighted by Gasteiger charge is -2.10. The van der Waals surface area contributed by atoms with Gasteiger partial charge in [0.2, 0.25) is 0 Å². The zero-order chi connectivity index (χ0) is 10.0. The van der Waals surface area contributed by atoms with Crippen molar-refractivity contribution >= 4 is 0 Å². The average molecular weight is 181 g/mol. The van der Waals surface area contributed by atoms with Crippen molar-refractivity contribution in [3.63, 3.8) is 0 Å². The van der Waals surface area contributed by atoms with E-state index in [1.807, 2.05) is 20.8 Å². The Balaban J connectivity index is 3.35. The SMILES string of the molecule is CCCn1c(O)c(C)c(C)cc1=O. The fourth-order valence-electron chi connectivity index (χ4n) is 1.29. The molecule has 3 nitrogen and oxygen atoms in total. The molecule has 0 atom stereocenters. The van der Waals surface area contributed by atoms with Crippen molar-refractivity contribution in [2.45, 2.75) is 33.7 Å². The molecule has 1 aromatic rings. The molecule has 1 aromatic heterocycles. The van der Waals surface area contributed by atoms with Crippen LogP contribution in [-0.2, 0) is 6.54 Å². The Morgan fingerprint density at radius 2 is 2.08 bits per heavy atom. The first-order chi connectivity index (χ1) is 6.07. The molecule has 1 rings (SSSR count). The molecule has 0 amide bonds. The van der Waals surface area contributed by atoms with Crippen molar-refractivity contribution in [2.75, 3.05) is 0 Å². The van der Waals surface area contributed by atoms with Crippen LogP contribution < -0.4 is 5.56 Å². The summed E-state index contributed by atoms with van der Waals surface area (Å²) in [6.45, 7) is 6.19. The van der Waals surface area contributed by atoms with E-state index in [0.29, 0.717) is 6.54 Å². The van der Waals surface area contributed by atoms with E-state index in [-0.39, 0.29) is 11.4 Å². The Labute approximate surface area is 77.6 Å². The maximum Gasteiger partial charge on any atom is 0.253 e. The Morgan fingerprint density at radius 3 is 2.62 bits per heavy atom. The molecule has 0 radical (unpaired) electrons. The number of hydrogen-bond acceptors (Lipinski definition) is 2. The van der Waals surface area contributed by atoms with Gasteiger partial charge in [0.1, 0.15) is 0 Å². The van der Waals surface area contributed by atoms with Crippen LogP contribution in [-0.4, -0.2) is 9.67 Å². The quantitative estimate of drug-likeness (QED) is 0.752. The molecule has 0 aliphatic carbocycles. The van der Waals surface area contributed by atoms with Gasteiger partial charge < -0.3 is 5.11 Å². The molecule has 0 saturated heterocycles. The normalized spacial score (nSPS) is 10.4. The summed E-state index contributed by atoms with van der Waals surface area (Å²) in [5, 5.41) is 9.65.